The van der Waals surface area contributed by atoms with Crippen molar-refractivity contribution in [3.8, 4) is 11.6 Å². The maximum atomic E-state index is 5.45. The predicted molar refractivity (Wildman–Crippen MR) is 94.8 cm³/mol. The molecule has 0 N–H and O–H groups in total. The van der Waals surface area contributed by atoms with Gasteiger partial charge >= 0.3 is 0 Å². The van der Waals surface area contributed by atoms with Gasteiger partial charge in [-0.3, -0.25) is 4.57 Å². The van der Waals surface area contributed by atoms with Crippen LogP contribution in [0.5, 0.6) is 0 Å². The second kappa shape index (κ2) is 6.37. The Labute approximate surface area is 150 Å². The summed E-state index contributed by atoms with van der Waals surface area (Å²) in [5.74, 6) is 1.41. The van der Waals surface area contributed by atoms with Gasteiger partial charge in [-0.2, -0.15) is 0 Å². The van der Waals surface area contributed by atoms with E-state index in [2.05, 4.69) is 43.0 Å². The van der Waals surface area contributed by atoms with Gasteiger partial charge in [0.1, 0.15) is 11.4 Å². The average Bonchev–Trinajstić information content (AvgIpc) is 3.24. The van der Waals surface area contributed by atoms with E-state index < -0.39 is 0 Å². The molecule has 0 spiro atoms. The smallest absolute Gasteiger partial charge is 0.200 e. The van der Waals surface area contributed by atoms with Crippen molar-refractivity contribution in [3.63, 3.8) is 0 Å². The fourth-order valence-electron chi connectivity index (χ4n) is 2.41. The Morgan fingerprint density at radius 2 is 2.12 bits per heavy atom. The summed E-state index contributed by atoms with van der Waals surface area (Å²) in [5.41, 5.74) is 0.893. The molecule has 0 unspecified atom stereocenters. The second-order valence-electron chi connectivity index (χ2n) is 4.97. The van der Waals surface area contributed by atoms with Crippen LogP contribution in [-0.4, -0.2) is 24.7 Å². The third-order valence-electron chi connectivity index (χ3n) is 3.52. The molecule has 3 aromatic heterocycles. The van der Waals surface area contributed by atoms with Gasteiger partial charge < -0.3 is 4.42 Å². The van der Waals surface area contributed by atoms with Gasteiger partial charge in [-0.1, -0.05) is 15.9 Å². The molecule has 3 heterocycles. The van der Waals surface area contributed by atoms with Crippen molar-refractivity contribution >= 4 is 38.6 Å². The van der Waals surface area contributed by atoms with E-state index in [0.29, 0.717) is 11.6 Å². The highest BCUT2D eigenvalue weighted by Crippen LogP contribution is 2.33. The number of aromatic nitrogens is 5. The van der Waals surface area contributed by atoms with E-state index >= 15 is 0 Å². The molecule has 4 rings (SSSR count). The lowest BCUT2D eigenvalue weighted by Gasteiger charge is -2.07. The van der Waals surface area contributed by atoms with Gasteiger partial charge in [0.25, 0.3) is 0 Å². The molecule has 24 heavy (non-hydrogen) atoms. The summed E-state index contributed by atoms with van der Waals surface area (Å²) in [5, 5.41) is 11.2. The molecule has 0 aliphatic heterocycles. The molecular formula is C16H12BrN5OS. The van der Waals surface area contributed by atoms with E-state index in [4.69, 9.17) is 4.42 Å². The highest BCUT2D eigenvalue weighted by atomic mass is 79.9. The van der Waals surface area contributed by atoms with Crippen LogP contribution in [0.4, 0.5) is 0 Å². The van der Waals surface area contributed by atoms with Crippen LogP contribution in [0.1, 0.15) is 6.92 Å². The van der Waals surface area contributed by atoms with E-state index in [9.17, 15) is 0 Å². The Hall–Kier alpha value is -2.19. The molecule has 0 atom stereocenters. The number of nitrogens with zero attached hydrogens (tertiary/aromatic N) is 5. The fraction of sp³-hybridized carbons (Fsp3) is 0.125. The minimum absolute atomic E-state index is 0.700. The Kier molecular flexibility index (Phi) is 4.07. The molecular weight excluding hydrogens is 390 g/mol. The maximum Gasteiger partial charge on any atom is 0.200 e. The molecule has 0 saturated heterocycles. The molecule has 0 bridgehead atoms. The summed E-state index contributed by atoms with van der Waals surface area (Å²) in [6.07, 6.45) is 3.20. The number of hydrogen-bond donors (Lipinski definition) is 0. The predicted octanol–water partition coefficient (Wildman–Crippen LogP) is 4.41. The quantitative estimate of drug-likeness (QED) is 0.471. The third-order valence-corrected chi connectivity index (χ3v) is 5.02. The van der Waals surface area contributed by atoms with Gasteiger partial charge in [0.2, 0.25) is 0 Å². The van der Waals surface area contributed by atoms with Gasteiger partial charge in [0.15, 0.2) is 16.7 Å². The van der Waals surface area contributed by atoms with E-state index in [1.165, 1.54) is 11.8 Å². The van der Waals surface area contributed by atoms with Crippen molar-refractivity contribution < 1.29 is 4.42 Å². The normalized spacial score (nSPS) is 11.2. The number of benzene rings is 1. The number of rotatable bonds is 4. The summed E-state index contributed by atoms with van der Waals surface area (Å²) in [7, 11) is 0. The lowest BCUT2D eigenvalue weighted by Crippen LogP contribution is -1.99. The van der Waals surface area contributed by atoms with Crippen molar-refractivity contribution in [2.45, 2.75) is 23.7 Å². The second-order valence-corrected chi connectivity index (χ2v) is 6.84. The highest BCUT2D eigenvalue weighted by Gasteiger charge is 2.17. The fourth-order valence-corrected chi connectivity index (χ4v) is 3.73. The minimum Gasteiger partial charge on any atom is -0.461 e. The molecule has 0 fully saturated rings. The van der Waals surface area contributed by atoms with E-state index in [1.54, 1.807) is 12.6 Å². The van der Waals surface area contributed by atoms with Crippen LogP contribution >= 0.6 is 27.7 Å². The lowest BCUT2D eigenvalue weighted by atomic mass is 10.2. The summed E-state index contributed by atoms with van der Waals surface area (Å²) < 4.78 is 8.44. The van der Waals surface area contributed by atoms with Crippen LogP contribution < -0.4 is 0 Å². The summed E-state index contributed by atoms with van der Waals surface area (Å²) >= 11 is 4.97. The first-order valence-corrected chi connectivity index (χ1v) is 8.92. The van der Waals surface area contributed by atoms with Crippen LogP contribution in [0.25, 0.3) is 22.5 Å². The zero-order chi connectivity index (χ0) is 16.5. The van der Waals surface area contributed by atoms with Crippen molar-refractivity contribution in [2.24, 2.45) is 0 Å². The zero-order valence-corrected chi connectivity index (χ0v) is 15.1. The molecule has 0 amide bonds. The van der Waals surface area contributed by atoms with E-state index in [1.807, 2.05) is 34.9 Å². The average molecular weight is 402 g/mol. The van der Waals surface area contributed by atoms with Crippen molar-refractivity contribution in [2.75, 3.05) is 0 Å². The number of furan rings is 1. The van der Waals surface area contributed by atoms with Gasteiger partial charge in [0, 0.05) is 16.4 Å². The molecule has 6 nitrogen and oxygen atoms in total. The molecule has 0 aliphatic carbocycles. The third kappa shape index (κ3) is 2.71. The standard InChI is InChI=1S/C16H12BrN5OS/c1-2-22-14(13-4-3-7-23-13)20-21-16(22)24-15-11-8-10(17)5-6-12(11)18-9-19-15/h3-9H,2H2,1H3. The van der Waals surface area contributed by atoms with Crippen molar-refractivity contribution in [1.29, 1.82) is 0 Å². The molecule has 0 saturated carbocycles. The number of fused-ring (bicyclic) bond motifs is 1. The van der Waals surface area contributed by atoms with Crippen LogP contribution in [0.2, 0.25) is 0 Å². The molecule has 4 aromatic rings. The molecule has 0 aliphatic rings. The minimum atomic E-state index is 0.700. The molecule has 8 heteroatoms. The molecule has 1 aromatic carbocycles. The van der Waals surface area contributed by atoms with Crippen LogP contribution in [0.3, 0.4) is 0 Å². The first-order chi connectivity index (χ1) is 11.8. The van der Waals surface area contributed by atoms with Crippen molar-refractivity contribution in [3.05, 3.63) is 47.4 Å². The van der Waals surface area contributed by atoms with Gasteiger partial charge in [-0.25, -0.2) is 9.97 Å². The maximum absolute atomic E-state index is 5.45. The summed E-state index contributed by atoms with van der Waals surface area (Å²) in [4.78, 5) is 8.73. The molecule has 0 radical (unpaired) electrons. The van der Waals surface area contributed by atoms with Crippen molar-refractivity contribution in [1.82, 2.24) is 24.7 Å². The summed E-state index contributed by atoms with van der Waals surface area (Å²) in [6, 6.07) is 9.66. The zero-order valence-electron chi connectivity index (χ0n) is 12.7. The Bertz CT molecular complexity index is 999. The summed E-state index contributed by atoms with van der Waals surface area (Å²) in [6.45, 7) is 2.78. The van der Waals surface area contributed by atoms with Gasteiger partial charge in [-0.15, -0.1) is 10.2 Å². The van der Waals surface area contributed by atoms with E-state index in [0.717, 1.165) is 32.1 Å². The Balaban J connectivity index is 1.78. The largest absolute Gasteiger partial charge is 0.461 e. The first-order valence-electron chi connectivity index (χ1n) is 7.31. The van der Waals surface area contributed by atoms with Crippen LogP contribution in [-0.2, 0) is 6.54 Å². The molecule has 120 valence electrons. The van der Waals surface area contributed by atoms with Gasteiger partial charge in [-0.05, 0) is 49.0 Å². The first kappa shape index (κ1) is 15.3. The monoisotopic (exact) mass is 401 g/mol. The lowest BCUT2D eigenvalue weighted by molar-refractivity contribution is 0.567. The van der Waals surface area contributed by atoms with E-state index in [-0.39, 0.29) is 0 Å². The number of halogens is 1. The SMILES string of the molecule is CCn1c(Sc2ncnc3ccc(Br)cc23)nnc1-c1ccco1. The topological polar surface area (TPSA) is 69.6 Å². The highest BCUT2D eigenvalue weighted by molar-refractivity contribution is 9.10. The Morgan fingerprint density at radius 1 is 1.21 bits per heavy atom. The van der Waals surface area contributed by atoms with Crippen LogP contribution in [0.15, 0.2) is 62.0 Å². The number of hydrogen-bond acceptors (Lipinski definition) is 6. The van der Waals surface area contributed by atoms with Gasteiger partial charge in [0.05, 0.1) is 11.8 Å². The van der Waals surface area contributed by atoms with Crippen LogP contribution in [0, 0.1) is 0 Å². The Morgan fingerprint density at radius 3 is 2.92 bits per heavy atom.